The van der Waals surface area contributed by atoms with Gasteiger partial charge in [-0.1, -0.05) is 11.6 Å². The number of hydrogen-bond donors (Lipinski definition) is 2. The van der Waals surface area contributed by atoms with Gasteiger partial charge in [0, 0.05) is 40.8 Å². The molecule has 33 heavy (non-hydrogen) atoms. The van der Waals surface area contributed by atoms with Crippen molar-refractivity contribution in [2.75, 3.05) is 29.2 Å². The summed E-state index contributed by atoms with van der Waals surface area (Å²) in [6.07, 6.45) is 0.116. The van der Waals surface area contributed by atoms with Crippen LogP contribution in [0.25, 0.3) is 0 Å². The van der Waals surface area contributed by atoms with Gasteiger partial charge < -0.3 is 20.3 Å². The van der Waals surface area contributed by atoms with Crippen molar-refractivity contribution in [3.63, 3.8) is 0 Å². The number of nitrogens with zero attached hydrogens (tertiary/aromatic N) is 3. The number of amides is 2. The van der Waals surface area contributed by atoms with Gasteiger partial charge in [-0.25, -0.2) is 9.97 Å². The van der Waals surface area contributed by atoms with Gasteiger partial charge >= 0.3 is 0 Å². The molecule has 0 radical (unpaired) electrons. The molecule has 1 aliphatic rings. The summed E-state index contributed by atoms with van der Waals surface area (Å²) in [5, 5.41) is 6.54. The number of ether oxygens (including phenoxy) is 1. The molecule has 0 saturated carbocycles. The summed E-state index contributed by atoms with van der Waals surface area (Å²) in [6.45, 7) is 4.08. The van der Waals surface area contributed by atoms with Crippen LogP contribution in [0, 0.1) is 19.8 Å². The summed E-state index contributed by atoms with van der Waals surface area (Å²) in [7, 11) is 1.53. The van der Waals surface area contributed by atoms with Crippen LogP contribution in [0.2, 0.25) is 5.02 Å². The van der Waals surface area contributed by atoms with Crippen LogP contribution < -0.4 is 20.3 Å². The number of aryl methyl sites for hydroxylation is 2. The van der Waals surface area contributed by atoms with E-state index in [0.717, 1.165) is 17.1 Å². The monoisotopic (exact) mass is 465 g/mol. The molecule has 1 aromatic heterocycles. The maximum absolute atomic E-state index is 12.8. The molecule has 1 unspecified atom stereocenters. The Hall–Kier alpha value is -3.65. The Morgan fingerprint density at radius 3 is 2.39 bits per heavy atom. The fraction of sp³-hybridized carbons (Fsp3) is 0.250. The Morgan fingerprint density at radius 2 is 1.73 bits per heavy atom. The zero-order chi connectivity index (χ0) is 23.5. The number of nitrogens with one attached hydrogen (secondary N) is 2. The fourth-order valence-corrected chi connectivity index (χ4v) is 3.95. The molecule has 2 heterocycles. The summed E-state index contributed by atoms with van der Waals surface area (Å²) < 4.78 is 5.35. The van der Waals surface area contributed by atoms with E-state index in [2.05, 4.69) is 20.6 Å². The van der Waals surface area contributed by atoms with Gasteiger partial charge in [0.2, 0.25) is 17.8 Å². The lowest BCUT2D eigenvalue weighted by Gasteiger charge is -2.20. The van der Waals surface area contributed by atoms with E-state index in [-0.39, 0.29) is 24.8 Å². The molecule has 9 heteroatoms. The third kappa shape index (κ3) is 5.23. The minimum atomic E-state index is -0.484. The van der Waals surface area contributed by atoms with Crippen LogP contribution >= 0.6 is 11.6 Å². The largest absolute Gasteiger partial charge is 0.495 e. The number of hydrogen-bond acceptors (Lipinski definition) is 6. The lowest BCUT2D eigenvalue weighted by Crippen LogP contribution is -2.28. The third-order valence-corrected chi connectivity index (χ3v) is 5.55. The molecule has 0 bridgehead atoms. The zero-order valence-corrected chi connectivity index (χ0v) is 19.3. The molecule has 1 atom stereocenters. The van der Waals surface area contributed by atoms with E-state index < -0.39 is 5.92 Å². The van der Waals surface area contributed by atoms with E-state index in [4.69, 9.17) is 16.3 Å². The molecule has 1 aliphatic heterocycles. The SMILES string of the molecule is COc1ccc(Cl)cc1N1CC(C(=O)Nc2ccc(Nc3nc(C)cc(C)n3)cc2)CC1=O. The smallest absolute Gasteiger partial charge is 0.229 e. The van der Waals surface area contributed by atoms with Gasteiger partial charge in [0.25, 0.3) is 0 Å². The van der Waals surface area contributed by atoms with Gasteiger partial charge in [0.1, 0.15) is 5.75 Å². The molecule has 8 nitrogen and oxygen atoms in total. The molecule has 170 valence electrons. The second kappa shape index (κ2) is 9.46. The molecular formula is C24H24ClN5O3. The Kier molecular flexibility index (Phi) is 6.46. The molecule has 0 aliphatic carbocycles. The van der Waals surface area contributed by atoms with E-state index in [9.17, 15) is 9.59 Å². The van der Waals surface area contributed by atoms with E-state index >= 15 is 0 Å². The van der Waals surface area contributed by atoms with Crippen molar-refractivity contribution in [1.82, 2.24) is 9.97 Å². The third-order valence-electron chi connectivity index (χ3n) is 5.32. The summed E-state index contributed by atoms with van der Waals surface area (Å²) in [4.78, 5) is 35.7. The van der Waals surface area contributed by atoms with Gasteiger partial charge in [-0.3, -0.25) is 9.59 Å². The summed E-state index contributed by atoms with van der Waals surface area (Å²) in [5.74, 6) is 0.200. The molecule has 4 rings (SSSR count). The van der Waals surface area contributed by atoms with Gasteiger partial charge in [-0.15, -0.1) is 0 Å². The van der Waals surface area contributed by atoms with E-state index in [1.807, 2.05) is 32.0 Å². The van der Waals surface area contributed by atoms with E-state index in [0.29, 0.717) is 28.1 Å². The fourth-order valence-electron chi connectivity index (χ4n) is 3.78. The topological polar surface area (TPSA) is 96.5 Å². The average molecular weight is 466 g/mol. The number of anilines is 4. The highest BCUT2D eigenvalue weighted by Gasteiger charge is 2.36. The van der Waals surface area contributed by atoms with Crippen LogP contribution in [-0.2, 0) is 9.59 Å². The maximum atomic E-state index is 12.8. The van der Waals surface area contributed by atoms with Crippen LogP contribution in [0.1, 0.15) is 17.8 Å². The van der Waals surface area contributed by atoms with Crippen LogP contribution in [0.15, 0.2) is 48.5 Å². The molecule has 2 aromatic carbocycles. The number of benzene rings is 2. The minimum Gasteiger partial charge on any atom is -0.495 e. The number of halogens is 1. The molecule has 2 N–H and O–H groups in total. The standard InChI is InChI=1S/C24H24ClN5O3/c1-14-10-15(2)27-24(26-14)29-19-7-5-18(6-8-19)28-23(32)16-11-22(31)30(13-16)20-12-17(25)4-9-21(20)33-3/h4-10,12,16H,11,13H2,1-3H3,(H,28,32)(H,26,27,29). The number of carbonyl (C=O) groups excluding carboxylic acids is 2. The molecule has 2 amide bonds. The predicted octanol–water partition coefficient (Wildman–Crippen LogP) is 4.49. The second-order valence-corrected chi connectivity index (χ2v) is 8.32. The van der Waals surface area contributed by atoms with Gasteiger partial charge in [0.15, 0.2) is 0 Å². The quantitative estimate of drug-likeness (QED) is 0.556. The van der Waals surface area contributed by atoms with Crippen LogP contribution in [-0.4, -0.2) is 35.4 Å². The van der Waals surface area contributed by atoms with Crippen molar-refractivity contribution in [1.29, 1.82) is 0 Å². The van der Waals surface area contributed by atoms with Gasteiger partial charge in [-0.2, -0.15) is 0 Å². The summed E-state index contributed by atoms with van der Waals surface area (Å²) >= 11 is 6.10. The number of rotatable bonds is 6. The highest BCUT2D eigenvalue weighted by molar-refractivity contribution is 6.31. The van der Waals surface area contributed by atoms with Gasteiger partial charge in [-0.05, 0) is 62.4 Å². The molecular weight excluding hydrogens is 442 g/mol. The van der Waals surface area contributed by atoms with Crippen LogP contribution in [0.5, 0.6) is 5.75 Å². The summed E-state index contributed by atoms with van der Waals surface area (Å²) in [5.41, 5.74) is 3.76. The first-order valence-corrected chi connectivity index (χ1v) is 10.8. The Bertz CT molecular complexity index is 1180. The number of aromatic nitrogens is 2. The average Bonchev–Trinajstić information content (AvgIpc) is 3.16. The number of carbonyl (C=O) groups is 2. The van der Waals surface area contributed by atoms with Crippen molar-refractivity contribution < 1.29 is 14.3 Å². The maximum Gasteiger partial charge on any atom is 0.229 e. The number of methoxy groups -OCH3 is 1. The van der Waals surface area contributed by atoms with Crippen molar-refractivity contribution in [3.05, 3.63) is 64.9 Å². The van der Waals surface area contributed by atoms with Crippen molar-refractivity contribution in [2.24, 2.45) is 5.92 Å². The van der Waals surface area contributed by atoms with Crippen LogP contribution in [0.4, 0.5) is 23.0 Å². The summed E-state index contributed by atoms with van der Waals surface area (Å²) in [6, 6.07) is 14.2. The van der Waals surface area contributed by atoms with Crippen molar-refractivity contribution >= 4 is 46.4 Å². The lowest BCUT2D eigenvalue weighted by molar-refractivity contribution is -0.122. The van der Waals surface area contributed by atoms with Crippen LogP contribution in [0.3, 0.4) is 0 Å². The van der Waals surface area contributed by atoms with E-state index in [1.165, 1.54) is 7.11 Å². The Labute approximate surface area is 196 Å². The first-order valence-electron chi connectivity index (χ1n) is 10.5. The lowest BCUT2D eigenvalue weighted by atomic mass is 10.1. The second-order valence-electron chi connectivity index (χ2n) is 7.89. The predicted molar refractivity (Wildman–Crippen MR) is 128 cm³/mol. The van der Waals surface area contributed by atoms with Crippen molar-refractivity contribution in [3.8, 4) is 5.75 Å². The minimum absolute atomic E-state index is 0.116. The highest BCUT2D eigenvalue weighted by atomic mass is 35.5. The Balaban J connectivity index is 1.40. The molecule has 1 saturated heterocycles. The normalized spacial score (nSPS) is 15.5. The van der Waals surface area contributed by atoms with Crippen molar-refractivity contribution in [2.45, 2.75) is 20.3 Å². The molecule has 1 fully saturated rings. The molecule has 0 spiro atoms. The first-order chi connectivity index (χ1) is 15.8. The Morgan fingerprint density at radius 1 is 1.06 bits per heavy atom. The first kappa shape index (κ1) is 22.5. The van der Waals surface area contributed by atoms with Gasteiger partial charge in [0.05, 0.1) is 18.7 Å². The highest BCUT2D eigenvalue weighted by Crippen LogP contribution is 2.35. The van der Waals surface area contributed by atoms with E-state index in [1.54, 1.807) is 35.2 Å². The molecule has 3 aromatic rings. The zero-order valence-electron chi connectivity index (χ0n) is 18.6.